The van der Waals surface area contributed by atoms with Gasteiger partial charge in [0.05, 0.1) is 28.5 Å². The van der Waals surface area contributed by atoms with Gasteiger partial charge in [0.15, 0.2) is 0 Å². The summed E-state index contributed by atoms with van der Waals surface area (Å²) < 4.78 is 5.88. The molecule has 0 bridgehead atoms. The van der Waals surface area contributed by atoms with Crippen molar-refractivity contribution in [3.8, 4) is 0 Å². The van der Waals surface area contributed by atoms with Gasteiger partial charge in [-0.2, -0.15) is 0 Å². The lowest BCUT2D eigenvalue weighted by atomic mass is 10.0. The lowest BCUT2D eigenvalue weighted by molar-refractivity contribution is 0.567. The van der Waals surface area contributed by atoms with Crippen LogP contribution in [-0.2, 0) is 7.05 Å². The second kappa shape index (κ2) is 5.53. The molecule has 0 aliphatic heterocycles. The molecule has 7 heteroatoms. The van der Waals surface area contributed by atoms with Gasteiger partial charge >= 0.3 is 0 Å². The molecule has 2 rings (SSSR count). The second-order valence-corrected chi connectivity index (χ2v) is 5.24. The Morgan fingerprint density at radius 3 is 2.78 bits per heavy atom. The Balaban J connectivity index is 2.42. The predicted octanol–water partition coefficient (Wildman–Crippen LogP) is 1.49. The quantitative estimate of drug-likeness (QED) is 0.888. The van der Waals surface area contributed by atoms with Crippen LogP contribution in [0.3, 0.4) is 0 Å². The predicted molar refractivity (Wildman–Crippen MR) is 70.5 cm³/mol. The molecule has 0 aliphatic rings. The number of hydrogen-bond donors (Lipinski definition) is 1. The topological polar surface area (TPSA) is 68.5 Å². The maximum absolute atomic E-state index is 4.24. The van der Waals surface area contributed by atoms with E-state index in [1.807, 2.05) is 7.05 Å². The van der Waals surface area contributed by atoms with Crippen LogP contribution in [-0.4, -0.2) is 31.1 Å². The molecule has 6 nitrogen and oxygen atoms in total. The van der Waals surface area contributed by atoms with Gasteiger partial charge in [-0.1, -0.05) is 30.5 Å². The van der Waals surface area contributed by atoms with Crippen LogP contribution in [0.15, 0.2) is 6.20 Å². The summed E-state index contributed by atoms with van der Waals surface area (Å²) in [7, 11) is 1.90. The van der Waals surface area contributed by atoms with Crippen LogP contribution in [0.2, 0.25) is 0 Å². The van der Waals surface area contributed by atoms with Crippen molar-refractivity contribution in [3.63, 3.8) is 0 Å². The van der Waals surface area contributed by atoms with E-state index in [4.69, 9.17) is 0 Å². The lowest BCUT2D eigenvalue weighted by Crippen LogP contribution is -2.24. The van der Waals surface area contributed by atoms with Crippen LogP contribution in [0.25, 0.3) is 0 Å². The Bertz CT molecular complexity index is 503. The average molecular weight is 266 g/mol. The molecule has 1 atom stereocenters. The minimum absolute atomic E-state index is 0.0624. The summed E-state index contributed by atoms with van der Waals surface area (Å²) >= 11 is 1.44. The number of aryl methyl sites for hydroxylation is 1. The van der Waals surface area contributed by atoms with Crippen LogP contribution >= 0.6 is 11.5 Å². The molecule has 0 saturated heterocycles. The first-order chi connectivity index (χ1) is 8.65. The zero-order chi connectivity index (χ0) is 13.1. The highest BCUT2D eigenvalue weighted by Crippen LogP contribution is 2.30. The SMILES string of the molecule is CCNC(c1snnc1C(C)C)c1cnnn1C. The molecule has 2 aromatic rings. The Labute approximate surface area is 111 Å². The van der Waals surface area contributed by atoms with E-state index in [0.717, 1.165) is 22.8 Å². The molecule has 0 aromatic carbocycles. The molecule has 0 aliphatic carbocycles. The first-order valence-corrected chi connectivity index (χ1v) is 6.82. The standard InChI is InChI=1S/C11H18N6S/c1-5-12-10(8-6-13-15-17(8)4)11-9(7(2)3)14-16-18-11/h6-7,10,12H,5H2,1-4H3. The van der Waals surface area contributed by atoms with Crippen molar-refractivity contribution in [2.24, 2.45) is 7.05 Å². The second-order valence-electron chi connectivity index (χ2n) is 4.45. The van der Waals surface area contributed by atoms with Gasteiger partial charge in [0.25, 0.3) is 0 Å². The summed E-state index contributed by atoms with van der Waals surface area (Å²) in [6.07, 6.45) is 1.79. The van der Waals surface area contributed by atoms with Crippen molar-refractivity contribution in [2.75, 3.05) is 6.54 Å². The van der Waals surface area contributed by atoms with E-state index in [9.17, 15) is 0 Å². The highest BCUT2D eigenvalue weighted by atomic mass is 32.1. The molecule has 2 heterocycles. The Kier molecular flexibility index (Phi) is 4.03. The summed E-state index contributed by atoms with van der Waals surface area (Å²) in [5, 5.41) is 15.6. The largest absolute Gasteiger partial charge is 0.304 e. The number of rotatable bonds is 5. The van der Waals surface area contributed by atoms with Crippen LogP contribution in [0.1, 0.15) is 49.0 Å². The van der Waals surface area contributed by atoms with E-state index in [-0.39, 0.29) is 6.04 Å². The molecule has 1 N–H and O–H groups in total. The van der Waals surface area contributed by atoms with Gasteiger partial charge in [-0.15, -0.1) is 10.2 Å². The molecule has 0 amide bonds. The molecule has 2 aromatic heterocycles. The monoisotopic (exact) mass is 266 g/mol. The number of hydrogen-bond acceptors (Lipinski definition) is 6. The summed E-state index contributed by atoms with van der Waals surface area (Å²) in [6.45, 7) is 7.21. The molecule has 1 unspecified atom stereocenters. The van der Waals surface area contributed by atoms with Crippen molar-refractivity contribution in [3.05, 3.63) is 22.5 Å². The van der Waals surface area contributed by atoms with Gasteiger partial charge in [-0.05, 0) is 24.0 Å². The fraction of sp³-hybridized carbons (Fsp3) is 0.636. The fourth-order valence-electron chi connectivity index (χ4n) is 1.90. The third-order valence-corrected chi connectivity index (χ3v) is 3.61. The number of nitrogens with one attached hydrogen (secondary N) is 1. The molecule has 18 heavy (non-hydrogen) atoms. The molecule has 0 saturated carbocycles. The minimum atomic E-state index is 0.0624. The molecule has 98 valence electrons. The molecular formula is C11H18N6S. The molecule has 0 radical (unpaired) electrons. The summed E-state index contributed by atoms with van der Waals surface area (Å²) in [4.78, 5) is 1.15. The third-order valence-electron chi connectivity index (χ3n) is 2.80. The van der Waals surface area contributed by atoms with Crippen molar-refractivity contribution >= 4 is 11.5 Å². The van der Waals surface area contributed by atoms with Crippen molar-refractivity contribution in [1.82, 2.24) is 29.9 Å². The number of aromatic nitrogens is 5. The zero-order valence-corrected chi connectivity index (χ0v) is 11.9. The van der Waals surface area contributed by atoms with Gasteiger partial charge in [0.1, 0.15) is 0 Å². The fourth-order valence-corrected chi connectivity index (χ4v) is 2.80. The van der Waals surface area contributed by atoms with E-state index in [2.05, 4.69) is 46.0 Å². The average Bonchev–Trinajstić information content (AvgIpc) is 2.94. The summed E-state index contributed by atoms with van der Waals surface area (Å²) in [5.74, 6) is 0.362. The van der Waals surface area contributed by atoms with Crippen molar-refractivity contribution in [2.45, 2.75) is 32.7 Å². The maximum atomic E-state index is 4.24. The van der Waals surface area contributed by atoms with E-state index in [1.165, 1.54) is 11.5 Å². The first-order valence-electron chi connectivity index (χ1n) is 6.05. The highest BCUT2D eigenvalue weighted by molar-refractivity contribution is 7.05. The normalized spacial score (nSPS) is 13.2. The van der Waals surface area contributed by atoms with Crippen LogP contribution in [0.5, 0.6) is 0 Å². The van der Waals surface area contributed by atoms with Crippen LogP contribution < -0.4 is 5.32 Å². The molecular weight excluding hydrogens is 248 g/mol. The van der Waals surface area contributed by atoms with E-state index in [1.54, 1.807) is 10.9 Å². The third kappa shape index (κ3) is 2.41. The van der Waals surface area contributed by atoms with E-state index < -0.39 is 0 Å². The van der Waals surface area contributed by atoms with Gasteiger partial charge < -0.3 is 5.32 Å². The van der Waals surface area contributed by atoms with Crippen molar-refractivity contribution < 1.29 is 0 Å². The number of nitrogens with zero attached hydrogens (tertiary/aromatic N) is 5. The van der Waals surface area contributed by atoms with Crippen molar-refractivity contribution in [1.29, 1.82) is 0 Å². The first kappa shape index (κ1) is 13.1. The Morgan fingerprint density at radius 2 is 2.22 bits per heavy atom. The molecule has 0 fully saturated rings. The van der Waals surface area contributed by atoms with Crippen LogP contribution in [0.4, 0.5) is 0 Å². The van der Waals surface area contributed by atoms with E-state index in [0.29, 0.717) is 5.92 Å². The maximum Gasteiger partial charge on any atom is 0.0893 e. The van der Waals surface area contributed by atoms with Gasteiger partial charge in [0, 0.05) is 7.05 Å². The zero-order valence-electron chi connectivity index (χ0n) is 11.1. The highest BCUT2D eigenvalue weighted by Gasteiger charge is 2.24. The van der Waals surface area contributed by atoms with Gasteiger partial charge in [-0.25, -0.2) is 0 Å². The van der Waals surface area contributed by atoms with Gasteiger partial charge in [0.2, 0.25) is 0 Å². The van der Waals surface area contributed by atoms with Gasteiger partial charge in [-0.3, -0.25) is 4.68 Å². The summed E-state index contributed by atoms with van der Waals surface area (Å²) in [6, 6.07) is 0.0624. The van der Waals surface area contributed by atoms with E-state index >= 15 is 0 Å². The lowest BCUT2D eigenvalue weighted by Gasteiger charge is -2.17. The Hall–Kier alpha value is -1.34. The summed E-state index contributed by atoms with van der Waals surface area (Å²) in [5.41, 5.74) is 2.08. The Morgan fingerprint density at radius 1 is 1.44 bits per heavy atom. The smallest absolute Gasteiger partial charge is 0.0893 e. The van der Waals surface area contributed by atoms with Crippen LogP contribution in [0, 0.1) is 0 Å². The molecule has 0 spiro atoms. The minimum Gasteiger partial charge on any atom is -0.304 e.